The third-order valence-electron chi connectivity index (χ3n) is 4.96. The number of nitrogens with one attached hydrogen (secondary N) is 1. The molecule has 0 saturated heterocycles. The minimum atomic E-state index is -0.252. The number of benzene rings is 1. The second kappa shape index (κ2) is 7.00. The standard InChI is InChI=1S/C20H22N6O2/c1-4-6-14-11-28-17-9-13(10-21)8-15-18(17)26(14)20(22-15)23-19(27)16-7-12(3)24-25(16)5-2/h7-9,14H,4-6,11H2,1-3H3,(H,22,23,27)/t14-/m0/s1. The summed E-state index contributed by atoms with van der Waals surface area (Å²) in [4.78, 5) is 17.6. The second-order valence-electron chi connectivity index (χ2n) is 6.95. The highest BCUT2D eigenvalue weighted by Gasteiger charge is 2.28. The van der Waals surface area contributed by atoms with Crippen LogP contribution < -0.4 is 10.1 Å². The van der Waals surface area contributed by atoms with Gasteiger partial charge in [0, 0.05) is 12.6 Å². The number of amides is 1. The van der Waals surface area contributed by atoms with E-state index in [1.807, 2.05) is 18.4 Å². The topological polar surface area (TPSA) is 97.8 Å². The number of imidazole rings is 1. The summed E-state index contributed by atoms with van der Waals surface area (Å²) in [5.41, 5.74) is 3.24. The molecule has 3 heterocycles. The number of carbonyl (C=O) groups excluding carboxylic acids is 1. The number of carbonyl (C=O) groups is 1. The molecule has 1 amide bonds. The Hall–Kier alpha value is -3.34. The Morgan fingerprint density at radius 1 is 1.39 bits per heavy atom. The van der Waals surface area contributed by atoms with E-state index in [0.717, 1.165) is 24.1 Å². The zero-order chi connectivity index (χ0) is 19.8. The van der Waals surface area contributed by atoms with Gasteiger partial charge in [0.15, 0.2) is 0 Å². The van der Waals surface area contributed by atoms with Gasteiger partial charge in [-0.2, -0.15) is 10.4 Å². The molecule has 0 saturated carbocycles. The van der Waals surface area contributed by atoms with Crippen LogP contribution in [0.15, 0.2) is 18.2 Å². The van der Waals surface area contributed by atoms with Crippen molar-refractivity contribution in [2.24, 2.45) is 0 Å². The lowest BCUT2D eigenvalue weighted by Crippen LogP contribution is -2.26. The van der Waals surface area contributed by atoms with Gasteiger partial charge in [-0.3, -0.25) is 14.8 Å². The van der Waals surface area contributed by atoms with Gasteiger partial charge in [0.1, 0.15) is 23.6 Å². The quantitative estimate of drug-likeness (QED) is 0.733. The van der Waals surface area contributed by atoms with Gasteiger partial charge >= 0.3 is 0 Å². The molecule has 0 bridgehead atoms. The van der Waals surface area contributed by atoms with Crippen LogP contribution in [-0.4, -0.2) is 31.8 Å². The summed E-state index contributed by atoms with van der Waals surface area (Å²) in [5, 5.41) is 16.6. The van der Waals surface area contributed by atoms with Crippen molar-refractivity contribution < 1.29 is 9.53 Å². The summed E-state index contributed by atoms with van der Waals surface area (Å²) < 4.78 is 9.62. The maximum Gasteiger partial charge on any atom is 0.276 e. The number of rotatable bonds is 5. The Morgan fingerprint density at radius 3 is 2.93 bits per heavy atom. The van der Waals surface area contributed by atoms with Crippen LogP contribution in [0.25, 0.3) is 11.0 Å². The molecule has 8 nitrogen and oxygen atoms in total. The second-order valence-corrected chi connectivity index (χ2v) is 6.95. The molecule has 4 rings (SSSR count). The maximum absolute atomic E-state index is 12.9. The van der Waals surface area contributed by atoms with Crippen molar-refractivity contribution in [1.82, 2.24) is 19.3 Å². The van der Waals surface area contributed by atoms with Crippen LogP contribution in [0.1, 0.15) is 54.5 Å². The third-order valence-corrected chi connectivity index (χ3v) is 4.96. The van der Waals surface area contributed by atoms with Crippen molar-refractivity contribution in [3.63, 3.8) is 0 Å². The summed E-state index contributed by atoms with van der Waals surface area (Å²) in [6.45, 7) is 7.01. The van der Waals surface area contributed by atoms with E-state index in [-0.39, 0.29) is 11.9 Å². The first-order valence-electron chi connectivity index (χ1n) is 9.50. The van der Waals surface area contributed by atoms with Gasteiger partial charge in [0.2, 0.25) is 5.95 Å². The molecule has 1 atom stereocenters. The maximum atomic E-state index is 12.9. The normalized spacial score (nSPS) is 15.3. The summed E-state index contributed by atoms with van der Waals surface area (Å²) in [5.74, 6) is 0.848. The number of nitrogens with zero attached hydrogens (tertiary/aromatic N) is 5. The van der Waals surface area contributed by atoms with Crippen LogP contribution in [0, 0.1) is 18.3 Å². The Morgan fingerprint density at radius 2 is 2.21 bits per heavy atom. The van der Waals surface area contributed by atoms with Gasteiger partial charge in [0.05, 0.1) is 28.9 Å². The van der Waals surface area contributed by atoms with Gasteiger partial charge in [-0.1, -0.05) is 13.3 Å². The van der Waals surface area contributed by atoms with Crippen molar-refractivity contribution in [3.8, 4) is 11.8 Å². The Balaban J connectivity index is 1.81. The number of hydrogen-bond donors (Lipinski definition) is 1. The lowest BCUT2D eigenvalue weighted by molar-refractivity contribution is 0.101. The number of hydrogen-bond acceptors (Lipinski definition) is 5. The van der Waals surface area contributed by atoms with Crippen molar-refractivity contribution in [3.05, 3.63) is 35.2 Å². The molecule has 28 heavy (non-hydrogen) atoms. The fraction of sp³-hybridized carbons (Fsp3) is 0.400. The highest BCUT2D eigenvalue weighted by atomic mass is 16.5. The van der Waals surface area contributed by atoms with Gasteiger partial charge in [-0.25, -0.2) is 4.98 Å². The highest BCUT2D eigenvalue weighted by molar-refractivity contribution is 6.03. The monoisotopic (exact) mass is 378 g/mol. The molecule has 0 radical (unpaired) electrons. The SMILES string of the molecule is CCC[C@H]1COc2cc(C#N)cc3nc(NC(=O)c4cc(C)nn4CC)n1c23. The zero-order valence-electron chi connectivity index (χ0n) is 16.2. The Bertz CT molecular complexity index is 1100. The smallest absolute Gasteiger partial charge is 0.276 e. The molecule has 1 aliphatic heterocycles. The lowest BCUT2D eigenvalue weighted by atomic mass is 10.1. The number of nitriles is 1. The third kappa shape index (κ3) is 2.89. The van der Waals surface area contributed by atoms with Gasteiger partial charge in [0.25, 0.3) is 5.91 Å². The van der Waals surface area contributed by atoms with E-state index >= 15 is 0 Å². The van der Waals surface area contributed by atoms with E-state index in [1.165, 1.54) is 0 Å². The van der Waals surface area contributed by atoms with E-state index in [4.69, 9.17) is 4.74 Å². The average molecular weight is 378 g/mol. The largest absolute Gasteiger partial charge is 0.489 e. The van der Waals surface area contributed by atoms with Crippen molar-refractivity contribution in [2.45, 2.75) is 46.2 Å². The van der Waals surface area contributed by atoms with Crippen LogP contribution in [0.4, 0.5) is 5.95 Å². The van der Waals surface area contributed by atoms with Crippen molar-refractivity contribution >= 4 is 22.9 Å². The van der Waals surface area contributed by atoms with Crippen molar-refractivity contribution in [1.29, 1.82) is 5.26 Å². The first kappa shape index (κ1) is 18.0. The number of aryl methyl sites for hydroxylation is 2. The molecule has 144 valence electrons. The van der Waals surface area contributed by atoms with Gasteiger partial charge in [-0.05, 0) is 32.4 Å². The van der Waals surface area contributed by atoms with Gasteiger partial charge in [-0.15, -0.1) is 0 Å². The Kier molecular flexibility index (Phi) is 4.51. The first-order valence-corrected chi connectivity index (χ1v) is 9.50. The fourth-order valence-electron chi connectivity index (χ4n) is 3.75. The van der Waals surface area contributed by atoms with Crippen molar-refractivity contribution in [2.75, 3.05) is 11.9 Å². The van der Waals surface area contributed by atoms with E-state index in [0.29, 0.717) is 41.6 Å². The number of aromatic nitrogens is 4. The van der Waals surface area contributed by atoms with Crippen LogP contribution in [-0.2, 0) is 6.54 Å². The molecule has 3 aromatic rings. The minimum absolute atomic E-state index is 0.0727. The molecule has 1 aliphatic rings. The predicted octanol–water partition coefficient (Wildman–Crippen LogP) is 3.42. The molecule has 0 fully saturated rings. The average Bonchev–Trinajstić information content (AvgIpc) is 3.25. The van der Waals surface area contributed by atoms with Crippen LogP contribution in [0.3, 0.4) is 0 Å². The van der Waals surface area contributed by atoms with Crippen LogP contribution in [0.5, 0.6) is 5.75 Å². The van der Waals surface area contributed by atoms with E-state index < -0.39 is 0 Å². The summed E-state index contributed by atoms with van der Waals surface area (Å²) >= 11 is 0. The van der Waals surface area contributed by atoms with E-state index in [1.54, 1.807) is 22.9 Å². The molecule has 1 N–H and O–H groups in total. The lowest BCUT2D eigenvalue weighted by Gasteiger charge is -2.27. The Labute approximate surface area is 162 Å². The summed E-state index contributed by atoms with van der Waals surface area (Å²) in [6, 6.07) is 7.43. The predicted molar refractivity (Wildman–Crippen MR) is 104 cm³/mol. The molecule has 1 aromatic carbocycles. The summed E-state index contributed by atoms with van der Waals surface area (Å²) in [7, 11) is 0. The molecule has 2 aromatic heterocycles. The molecular weight excluding hydrogens is 356 g/mol. The number of ether oxygens (including phenoxy) is 1. The number of anilines is 1. The fourth-order valence-corrected chi connectivity index (χ4v) is 3.75. The van der Waals surface area contributed by atoms with E-state index in [2.05, 4.69) is 28.4 Å². The minimum Gasteiger partial charge on any atom is -0.489 e. The summed E-state index contributed by atoms with van der Waals surface area (Å²) in [6.07, 6.45) is 1.88. The molecule has 8 heteroatoms. The highest BCUT2D eigenvalue weighted by Crippen LogP contribution is 2.38. The zero-order valence-corrected chi connectivity index (χ0v) is 16.2. The van der Waals surface area contributed by atoms with Crippen LogP contribution in [0.2, 0.25) is 0 Å². The molecule has 0 unspecified atom stereocenters. The van der Waals surface area contributed by atoms with Crippen LogP contribution >= 0.6 is 0 Å². The molecular formula is C20H22N6O2. The first-order chi connectivity index (χ1) is 13.5. The molecule has 0 spiro atoms. The molecule has 0 aliphatic carbocycles. The van der Waals surface area contributed by atoms with E-state index in [9.17, 15) is 10.1 Å². The van der Waals surface area contributed by atoms with Gasteiger partial charge < -0.3 is 9.30 Å².